The number of carboxylic acid groups (broad SMARTS) is 1. The van der Waals surface area contributed by atoms with Crippen LogP contribution in [-0.4, -0.2) is 16.2 Å². The van der Waals surface area contributed by atoms with Gasteiger partial charge in [0.15, 0.2) is 0 Å². The van der Waals surface area contributed by atoms with Crippen LogP contribution in [0.15, 0.2) is 16.6 Å². The van der Waals surface area contributed by atoms with Gasteiger partial charge in [-0.15, -0.1) is 0 Å². The number of carbonyl (C=O) groups is 1. The molecule has 0 aliphatic rings. The van der Waals surface area contributed by atoms with Crippen LogP contribution in [0.25, 0.3) is 0 Å². The second-order valence-electron chi connectivity index (χ2n) is 3.01. The fourth-order valence-corrected chi connectivity index (χ4v) is 2.05. The van der Waals surface area contributed by atoms with Crippen molar-refractivity contribution in [3.05, 3.63) is 33.3 Å². The maximum atomic E-state index is 10.7. The van der Waals surface area contributed by atoms with Crippen LogP contribution in [0.5, 0.6) is 0 Å². The quantitative estimate of drug-likeness (QED) is 0.861. The SMILES string of the molecule is CC(O)c1c(Br)cc(C(=O)O)cc1C#N. The van der Waals surface area contributed by atoms with E-state index in [-0.39, 0.29) is 11.1 Å². The summed E-state index contributed by atoms with van der Waals surface area (Å²) < 4.78 is 0.425. The molecule has 0 fully saturated rings. The monoisotopic (exact) mass is 269 g/mol. The Bertz CT molecular complexity index is 449. The van der Waals surface area contributed by atoms with Crippen molar-refractivity contribution >= 4 is 21.9 Å². The second kappa shape index (κ2) is 4.43. The third-order valence-corrected chi connectivity index (χ3v) is 2.57. The van der Waals surface area contributed by atoms with Crippen molar-refractivity contribution in [2.75, 3.05) is 0 Å². The van der Waals surface area contributed by atoms with Gasteiger partial charge in [0.2, 0.25) is 0 Å². The molecule has 78 valence electrons. The summed E-state index contributed by atoms with van der Waals surface area (Å²) in [6.07, 6.45) is -0.822. The molecule has 0 aromatic heterocycles. The standard InChI is InChI=1S/C10H8BrNO3/c1-5(13)9-7(4-12)2-6(10(14)15)3-8(9)11/h2-3,5,13H,1H3,(H,14,15). The van der Waals surface area contributed by atoms with Crippen molar-refractivity contribution < 1.29 is 15.0 Å². The Morgan fingerprint density at radius 1 is 1.60 bits per heavy atom. The Labute approximate surface area is 94.9 Å². The molecule has 0 radical (unpaired) electrons. The van der Waals surface area contributed by atoms with Crippen molar-refractivity contribution in [1.29, 1.82) is 5.26 Å². The Morgan fingerprint density at radius 3 is 2.60 bits per heavy atom. The lowest BCUT2D eigenvalue weighted by Gasteiger charge is -2.10. The van der Waals surface area contributed by atoms with Gasteiger partial charge in [0.05, 0.1) is 23.3 Å². The second-order valence-corrected chi connectivity index (χ2v) is 3.87. The van der Waals surface area contributed by atoms with Crippen molar-refractivity contribution in [2.24, 2.45) is 0 Å². The zero-order chi connectivity index (χ0) is 11.6. The summed E-state index contributed by atoms with van der Waals surface area (Å²) in [6.45, 7) is 1.52. The first-order valence-electron chi connectivity index (χ1n) is 4.12. The Balaban J connectivity index is 3.46. The van der Waals surface area contributed by atoms with Crippen LogP contribution < -0.4 is 0 Å². The normalized spacial score (nSPS) is 11.9. The fraction of sp³-hybridized carbons (Fsp3) is 0.200. The van der Waals surface area contributed by atoms with Gasteiger partial charge in [-0.1, -0.05) is 15.9 Å². The summed E-state index contributed by atoms with van der Waals surface area (Å²) in [5, 5.41) is 27.0. The van der Waals surface area contributed by atoms with Gasteiger partial charge in [0.25, 0.3) is 0 Å². The minimum absolute atomic E-state index is 0.0165. The number of rotatable bonds is 2. The molecule has 0 bridgehead atoms. The Morgan fingerprint density at radius 2 is 2.20 bits per heavy atom. The van der Waals surface area contributed by atoms with E-state index in [1.165, 1.54) is 19.1 Å². The smallest absolute Gasteiger partial charge is 0.335 e. The largest absolute Gasteiger partial charge is 0.478 e. The molecule has 0 amide bonds. The zero-order valence-corrected chi connectivity index (χ0v) is 9.45. The Hall–Kier alpha value is -1.38. The van der Waals surface area contributed by atoms with Gasteiger partial charge in [0, 0.05) is 10.0 Å². The number of aliphatic hydroxyl groups is 1. The molecule has 1 aromatic carbocycles. The predicted molar refractivity (Wildman–Crippen MR) is 56.5 cm³/mol. The highest BCUT2D eigenvalue weighted by Crippen LogP contribution is 2.28. The number of hydrogen-bond acceptors (Lipinski definition) is 3. The highest BCUT2D eigenvalue weighted by atomic mass is 79.9. The predicted octanol–water partition coefficient (Wildman–Crippen LogP) is 2.07. The van der Waals surface area contributed by atoms with Crippen LogP contribution in [0, 0.1) is 11.3 Å². The summed E-state index contributed by atoms with van der Waals surface area (Å²) >= 11 is 3.13. The van der Waals surface area contributed by atoms with Gasteiger partial charge in [-0.2, -0.15) is 5.26 Å². The summed E-state index contributed by atoms with van der Waals surface area (Å²) in [4.78, 5) is 10.7. The molecule has 5 heteroatoms. The number of carboxylic acids is 1. The number of nitrogens with zero attached hydrogens (tertiary/aromatic N) is 1. The molecule has 0 saturated carbocycles. The highest BCUT2D eigenvalue weighted by molar-refractivity contribution is 9.10. The first kappa shape index (κ1) is 11.7. The van der Waals surface area contributed by atoms with E-state index < -0.39 is 12.1 Å². The lowest BCUT2D eigenvalue weighted by atomic mass is 10.0. The van der Waals surface area contributed by atoms with E-state index in [4.69, 9.17) is 10.4 Å². The third kappa shape index (κ3) is 2.35. The van der Waals surface area contributed by atoms with Crippen LogP contribution in [-0.2, 0) is 0 Å². The summed E-state index contributed by atoms with van der Waals surface area (Å²) in [6, 6.07) is 4.47. The molecular weight excluding hydrogens is 262 g/mol. The summed E-state index contributed by atoms with van der Waals surface area (Å²) in [5.41, 5.74) is 0.585. The molecular formula is C10H8BrNO3. The minimum Gasteiger partial charge on any atom is -0.478 e. The molecule has 1 atom stereocenters. The van der Waals surface area contributed by atoms with Gasteiger partial charge >= 0.3 is 5.97 Å². The zero-order valence-electron chi connectivity index (χ0n) is 7.86. The number of halogens is 1. The van der Waals surface area contributed by atoms with Crippen LogP contribution >= 0.6 is 15.9 Å². The van der Waals surface area contributed by atoms with E-state index in [9.17, 15) is 9.90 Å². The fourth-order valence-electron chi connectivity index (χ4n) is 1.26. The van der Waals surface area contributed by atoms with Gasteiger partial charge in [-0.25, -0.2) is 4.79 Å². The molecule has 0 aliphatic heterocycles. The number of benzene rings is 1. The van der Waals surface area contributed by atoms with E-state index in [0.717, 1.165) is 0 Å². The van der Waals surface area contributed by atoms with E-state index in [0.29, 0.717) is 10.0 Å². The van der Waals surface area contributed by atoms with Crippen LogP contribution in [0.3, 0.4) is 0 Å². The maximum Gasteiger partial charge on any atom is 0.335 e. The molecule has 1 aromatic rings. The summed E-state index contributed by atoms with van der Waals surface area (Å²) in [5.74, 6) is -1.11. The number of aliphatic hydroxyl groups excluding tert-OH is 1. The van der Waals surface area contributed by atoms with E-state index in [1.807, 2.05) is 6.07 Å². The van der Waals surface area contributed by atoms with Crippen LogP contribution in [0.2, 0.25) is 0 Å². The van der Waals surface area contributed by atoms with Gasteiger partial charge in [-0.3, -0.25) is 0 Å². The molecule has 4 nitrogen and oxygen atoms in total. The van der Waals surface area contributed by atoms with E-state index in [2.05, 4.69) is 15.9 Å². The first-order chi connectivity index (χ1) is 6.97. The first-order valence-corrected chi connectivity index (χ1v) is 4.91. The van der Waals surface area contributed by atoms with Crippen molar-refractivity contribution in [3.63, 3.8) is 0 Å². The van der Waals surface area contributed by atoms with Crippen molar-refractivity contribution in [2.45, 2.75) is 13.0 Å². The van der Waals surface area contributed by atoms with Gasteiger partial charge in [-0.05, 0) is 19.1 Å². The molecule has 1 rings (SSSR count). The number of hydrogen-bond donors (Lipinski definition) is 2. The summed E-state index contributed by atoms with van der Waals surface area (Å²) in [7, 11) is 0. The topological polar surface area (TPSA) is 81.3 Å². The molecule has 2 N–H and O–H groups in total. The average Bonchev–Trinajstić information content (AvgIpc) is 2.15. The number of nitriles is 1. The van der Waals surface area contributed by atoms with Crippen LogP contribution in [0.4, 0.5) is 0 Å². The maximum absolute atomic E-state index is 10.7. The lowest BCUT2D eigenvalue weighted by molar-refractivity contribution is 0.0696. The molecule has 1 unspecified atom stereocenters. The lowest BCUT2D eigenvalue weighted by Crippen LogP contribution is -2.03. The average molecular weight is 270 g/mol. The molecule has 0 spiro atoms. The van der Waals surface area contributed by atoms with Crippen molar-refractivity contribution in [1.82, 2.24) is 0 Å². The molecule has 0 aliphatic carbocycles. The van der Waals surface area contributed by atoms with Crippen molar-refractivity contribution in [3.8, 4) is 6.07 Å². The van der Waals surface area contributed by atoms with Gasteiger partial charge in [0.1, 0.15) is 0 Å². The van der Waals surface area contributed by atoms with E-state index in [1.54, 1.807) is 0 Å². The molecule has 15 heavy (non-hydrogen) atoms. The van der Waals surface area contributed by atoms with E-state index >= 15 is 0 Å². The van der Waals surface area contributed by atoms with Gasteiger partial charge < -0.3 is 10.2 Å². The molecule has 0 heterocycles. The highest BCUT2D eigenvalue weighted by Gasteiger charge is 2.15. The third-order valence-electron chi connectivity index (χ3n) is 1.91. The molecule has 0 saturated heterocycles. The Kier molecular flexibility index (Phi) is 3.45. The minimum atomic E-state index is -1.11. The number of aromatic carboxylic acids is 1. The van der Waals surface area contributed by atoms with Crippen LogP contribution in [0.1, 0.15) is 34.5 Å².